The zero-order valence-electron chi connectivity index (χ0n) is 52.0. The minimum absolute atomic E-state index is 0.183. The van der Waals surface area contributed by atoms with Crippen LogP contribution in [0.25, 0.3) is 0 Å². The first kappa shape index (κ1) is 75.9. The van der Waals surface area contributed by atoms with E-state index in [-0.39, 0.29) is 12.5 Å². The summed E-state index contributed by atoms with van der Waals surface area (Å²) in [6.07, 6.45) is 81.7. The summed E-state index contributed by atoms with van der Waals surface area (Å²) < 4.78 is 11.3. The van der Waals surface area contributed by atoms with E-state index in [0.29, 0.717) is 6.42 Å². The number of carbonyl (C=O) groups excluding carboxylic acids is 1. The number of nitrogens with one attached hydrogen (secondary N) is 1. The Balaban J connectivity index is 2.17. The average Bonchev–Trinajstić information content (AvgIpc) is 3.48. The summed E-state index contributed by atoms with van der Waals surface area (Å²) in [6.45, 7) is 3.68. The molecule has 1 heterocycles. The second-order valence-electron chi connectivity index (χ2n) is 22.9. The van der Waals surface area contributed by atoms with Crippen LogP contribution in [-0.2, 0) is 14.3 Å². The van der Waals surface area contributed by atoms with Crippen molar-refractivity contribution in [1.29, 1.82) is 0 Å². The van der Waals surface area contributed by atoms with Gasteiger partial charge >= 0.3 is 0 Å². The maximum Gasteiger partial charge on any atom is 0.220 e. The molecule has 0 saturated carbocycles. The Labute approximate surface area is 497 Å². The van der Waals surface area contributed by atoms with Crippen LogP contribution in [0.5, 0.6) is 0 Å². The molecular weight excluding hydrogens is 1010 g/mol. The molecule has 9 nitrogen and oxygen atoms in total. The summed E-state index contributed by atoms with van der Waals surface area (Å²) >= 11 is 0. The molecular formula is C72H125NO8. The average molecular weight is 1130 g/mol. The molecule has 1 saturated heterocycles. The molecule has 0 aliphatic carbocycles. The van der Waals surface area contributed by atoms with E-state index in [4.69, 9.17) is 9.47 Å². The number of carbonyl (C=O) groups is 1. The van der Waals surface area contributed by atoms with Crippen LogP contribution < -0.4 is 5.32 Å². The number of unbranched alkanes of at least 4 members (excludes halogenated alkanes) is 31. The van der Waals surface area contributed by atoms with Gasteiger partial charge in [0.1, 0.15) is 24.4 Å². The molecule has 1 aliphatic heterocycles. The van der Waals surface area contributed by atoms with Crippen molar-refractivity contribution in [3.63, 3.8) is 0 Å². The normalized spacial score (nSPS) is 19.1. The summed E-state index contributed by atoms with van der Waals surface area (Å²) in [5.41, 5.74) is 0. The number of aliphatic hydroxyl groups is 5. The van der Waals surface area contributed by atoms with Crippen LogP contribution in [0.15, 0.2) is 109 Å². The van der Waals surface area contributed by atoms with Crippen LogP contribution in [0.1, 0.15) is 284 Å². The van der Waals surface area contributed by atoms with Crippen LogP contribution >= 0.6 is 0 Å². The topological polar surface area (TPSA) is 149 Å². The molecule has 1 fully saturated rings. The van der Waals surface area contributed by atoms with Gasteiger partial charge in [-0.3, -0.25) is 4.79 Å². The summed E-state index contributed by atoms with van der Waals surface area (Å²) in [5.74, 6) is -0.183. The van der Waals surface area contributed by atoms with Gasteiger partial charge < -0.3 is 40.3 Å². The Hall–Kier alpha value is -3.15. The fourth-order valence-electron chi connectivity index (χ4n) is 10.1. The Kier molecular flexibility index (Phi) is 56.2. The van der Waals surface area contributed by atoms with E-state index >= 15 is 0 Å². The highest BCUT2D eigenvalue weighted by Crippen LogP contribution is 2.23. The van der Waals surface area contributed by atoms with Gasteiger partial charge in [0.2, 0.25) is 5.91 Å². The molecule has 0 spiro atoms. The molecule has 7 atom stereocenters. The number of amides is 1. The summed E-state index contributed by atoms with van der Waals surface area (Å²) in [4.78, 5) is 13.1. The SMILES string of the molecule is CC/C=C\C/C=C\C/C=C\C/C=C\C/C=C\C/C=C\C/C=C\C/C=C\CCCCCCCCCCCCC(=O)NC(COC1OC(CO)C(O)C(O)C1O)C(O)/C=C/CCCCCCCCCCCCCCCCCCCCCCC. The molecule has 1 amide bonds. The van der Waals surface area contributed by atoms with Gasteiger partial charge in [0, 0.05) is 6.42 Å². The smallest absolute Gasteiger partial charge is 0.220 e. The van der Waals surface area contributed by atoms with Crippen molar-refractivity contribution in [2.24, 2.45) is 0 Å². The van der Waals surface area contributed by atoms with Gasteiger partial charge in [-0.1, -0.05) is 303 Å². The highest BCUT2D eigenvalue weighted by atomic mass is 16.7. The molecule has 7 unspecified atom stereocenters. The third kappa shape index (κ3) is 48.9. The van der Waals surface area contributed by atoms with Crippen molar-refractivity contribution in [3.05, 3.63) is 109 Å². The van der Waals surface area contributed by atoms with Crippen molar-refractivity contribution in [1.82, 2.24) is 5.32 Å². The molecule has 0 radical (unpaired) electrons. The van der Waals surface area contributed by atoms with Gasteiger partial charge in [-0.25, -0.2) is 0 Å². The van der Waals surface area contributed by atoms with Gasteiger partial charge in [-0.15, -0.1) is 0 Å². The number of allylic oxidation sites excluding steroid dienone is 17. The maximum atomic E-state index is 13.1. The first-order valence-corrected chi connectivity index (χ1v) is 33.6. The molecule has 0 aromatic rings. The lowest BCUT2D eigenvalue weighted by atomic mass is 9.99. The van der Waals surface area contributed by atoms with E-state index in [1.165, 1.54) is 161 Å². The number of aliphatic hydroxyl groups excluding tert-OH is 5. The van der Waals surface area contributed by atoms with Gasteiger partial charge in [0.25, 0.3) is 0 Å². The second kappa shape index (κ2) is 60.0. The second-order valence-corrected chi connectivity index (χ2v) is 22.9. The van der Waals surface area contributed by atoms with E-state index < -0.39 is 49.5 Å². The van der Waals surface area contributed by atoms with Crippen LogP contribution in [-0.4, -0.2) is 87.5 Å². The van der Waals surface area contributed by atoms with Crippen LogP contribution in [0, 0.1) is 0 Å². The molecule has 9 heteroatoms. The summed E-state index contributed by atoms with van der Waals surface area (Å²) in [6, 6.07) is -0.816. The Bertz CT molecular complexity index is 1640. The monoisotopic (exact) mass is 1130 g/mol. The summed E-state index contributed by atoms with van der Waals surface area (Å²) in [5, 5.41) is 54.7. The fourth-order valence-corrected chi connectivity index (χ4v) is 10.1. The van der Waals surface area contributed by atoms with Gasteiger partial charge in [0.15, 0.2) is 6.29 Å². The highest BCUT2D eigenvalue weighted by molar-refractivity contribution is 5.76. The first-order chi connectivity index (χ1) is 39.8. The lowest BCUT2D eigenvalue weighted by molar-refractivity contribution is -0.302. The number of rotatable bonds is 57. The van der Waals surface area contributed by atoms with Crippen LogP contribution in [0.4, 0.5) is 0 Å². The van der Waals surface area contributed by atoms with E-state index in [1.54, 1.807) is 6.08 Å². The molecule has 0 aromatic carbocycles. The van der Waals surface area contributed by atoms with Gasteiger partial charge in [-0.2, -0.15) is 0 Å². The zero-order valence-corrected chi connectivity index (χ0v) is 52.0. The quantitative estimate of drug-likeness (QED) is 0.0261. The lowest BCUT2D eigenvalue weighted by Crippen LogP contribution is -2.60. The molecule has 1 rings (SSSR count). The molecule has 81 heavy (non-hydrogen) atoms. The van der Waals surface area contributed by atoms with Crippen molar-refractivity contribution in [2.75, 3.05) is 13.2 Å². The maximum absolute atomic E-state index is 13.1. The minimum Gasteiger partial charge on any atom is -0.394 e. The van der Waals surface area contributed by atoms with Crippen molar-refractivity contribution in [3.8, 4) is 0 Å². The Morgan fingerprint density at radius 2 is 0.765 bits per heavy atom. The standard InChI is InChI=1S/C72H125NO8/c1-3-5-7-9-11-13-15-17-19-21-23-25-27-28-29-30-31-32-33-34-35-36-37-38-40-42-44-46-48-50-52-54-56-58-60-62-68(76)73-65(64-80-72-71(79)70(78)69(77)67(63-74)81-72)66(75)61-59-57-55-53-51-49-47-45-43-41-39-26-24-22-20-18-16-14-12-10-8-6-4-2/h5,7,11,13,17,19,23,25,28-29,31-32,34-35,37-38,59,61,65-67,69-72,74-75,77-79H,3-4,6,8-10,12,14-16,18,20-22,24,26-27,30,33,36,39-58,60,62-64H2,1-2H3,(H,73,76)/b7-5-,13-11-,19-17-,25-23-,29-28-,32-31-,35-34-,38-37-,61-59+. The summed E-state index contributed by atoms with van der Waals surface area (Å²) in [7, 11) is 0. The number of hydrogen-bond acceptors (Lipinski definition) is 8. The van der Waals surface area contributed by atoms with E-state index in [9.17, 15) is 30.3 Å². The van der Waals surface area contributed by atoms with E-state index in [1.807, 2.05) is 6.08 Å². The van der Waals surface area contributed by atoms with E-state index in [0.717, 1.165) is 103 Å². The number of ether oxygens (including phenoxy) is 2. The van der Waals surface area contributed by atoms with Gasteiger partial charge in [0.05, 0.1) is 25.4 Å². The first-order valence-electron chi connectivity index (χ1n) is 33.6. The number of hydrogen-bond donors (Lipinski definition) is 6. The Morgan fingerprint density at radius 3 is 1.14 bits per heavy atom. The fraction of sp³-hybridized carbons (Fsp3) is 0.736. The molecule has 0 bridgehead atoms. The van der Waals surface area contributed by atoms with Crippen LogP contribution in [0.3, 0.4) is 0 Å². The predicted octanol–water partition coefficient (Wildman–Crippen LogP) is 18.1. The largest absolute Gasteiger partial charge is 0.394 e. The molecule has 466 valence electrons. The Morgan fingerprint density at radius 1 is 0.432 bits per heavy atom. The van der Waals surface area contributed by atoms with Crippen molar-refractivity contribution in [2.45, 2.75) is 326 Å². The highest BCUT2D eigenvalue weighted by Gasteiger charge is 2.44. The third-order valence-electron chi connectivity index (χ3n) is 15.4. The zero-order chi connectivity index (χ0) is 58.6. The minimum atomic E-state index is -1.57. The third-order valence-corrected chi connectivity index (χ3v) is 15.4. The molecule has 1 aliphatic rings. The van der Waals surface area contributed by atoms with Crippen molar-refractivity contribution >= 4 is 5.91 Å². The van der Waals surface area contributed by atoms with Crippen molar-refractivity contribution < 1.29 is 39.8 Å². The molecule has 0 aromatic heterocycles. The van der Waals surface area contributed by atoms with Crippen LogP contribution in [0.2, 0.25) is 0 Å². The van der Waals surface area contributed by atoms with E-state index in [2.05, 4.69) is 116 Å². The molecule has 6 N–H and O–H groups in total. The van der Waals surface area contributed by atoms with Gasteiger partial charge in [-0.05, 0) is 83.5 Å². The lowest BCUT2D eigenvalue weighted by Gasteiger charge is -2.40. The predicted molar refractivity (Wildman–Crippen MR) is 345 cm³/mol.